The molecule has 7 heteroatoms. The fraction of sp³-hybridized carbons (Fsp3) is 0.214. The third-order valence-corrected chi connectivity index (χ3v) is 2.82. The first-order valence-corrected chi connectivity index (χ1v) is 6.24. The van der Waals surface area contributed by atoms with Crippen molar-refractivity contribution in [3.05, 3.63) is 46.9 Å². The zero-order valence-corrected chi connectivity index (χ0v) is 11.3. The highest BCUT2D eigenvalue weighted by Gasteiger charge is 2.22. The van der Waals surface area contributed by atoms with E-state index in [1.165, 1.54) is 16.8 Å². The lowest BCUT2D eigenvalue weighted by Crippen LogP contribution is -2.09. The summed E-state index contributed by atoms with van der Waals surface area (Å²) in [6, 6.07) is 7.63. The highest BCUT2D eigenvalue weighted by atomic mass is 19.1. The van der Waals surface area contributed by atoms with Crippen molar-refractivity contribution in [3.63, 3.8) is 0 Å². The minimum Gasteiger partial charge on any atom is -0.461 e. The van der Waals surface area contributed by atoms with E-state index >= 15 is 0 Å². The fourth-order valence-electron chi connectivity index (χ4n) is 1.81. The maximum absolute atomic E-state index is 12.9. The number of nitrogens with zero attached hydrogens (tertiary/aromatic N) is 3. The molecule has 0 spiro atoms. The van der Waals surface area contributed by atoms with E-state index in [0.29, 0.717) is 0 Å². The van der Waals surface area contributed by atoms with Crippen LogP contribution in [-0.4, -0.2) is 22.4 Å². The van der Waals surface area contributed by atoms with Gasteiger partial charge >= 0.3 is 5.97 Å². The van der Waals surface area contributed by atoms with Crippen molar-refractivity contribution in [3.8, 4) is 6.07 Å². The average molecular weight is 288 g/mol. The highest BCUT2D eigenvalue weighted by molar-refractivity contribution is 5.91. The second-order valence-corrected chi connectivity index (χ2v) is 4.23. The molecule has 108 valence electrons. The number of anilines is 1. The highest BCUT2D eigenvalue weighted by Crippen LogP contribution is 2.18. The summed E-state index contributed by atoms with van der Waals surface area (Å²) in [5.74, 6) is -0.972. The SMILES string of the molecule is CCOC(=O)c1nn(Cc2ccc(F)cc2)c(N)c1C#N. The second-order valence-electron chi connectivity index (χ2n) is 4.23. The van der Waals surface area contributed by atoms with Gasteiger partial charge in [0, 0.05) is 0 Å². The summed E-state index contributed by atoms with van der Waals surface area (Å²) >= 11 is 0. The molecule has 0 fully saturated rings. The van der Waals surface area contributed by atoms with Gasteiger partial charge in [0.05, 0.1) is 13.2 Å². The third-order valence-electron chi connectivity index (χ3n) is 2.82. The summed E-state index contributed by atoms with van der Waals surface area (Å²) in [5, 5.41) is 13.1. The molecule has 0 aliphatic heterocycles. The average Bonchev–Trinajstić information content (AvgIpc) is 2.78. The number of hydrogen-bond donors (Lipinski definition) is 1. The smallest absolute Gasteiger partial charge is 0.360 e. The van der Waals surface area contributed by atoms with Gasteiger partial charge in [0.15, 0.2) is 5.69 Å². The molecule has 0 unspecified atom stereocenters. The lowest BCUT2D eigenvalue weighted by atomic mass is 10.2. The largest absolute Gasteiger partial charge is 0.461 e. The number of carbonyl (C=O) groups is 1. The number of aromatic nitrogens is 2. The molecule has 0 aliphatic rings. The van der Waals surface area contributed by atoms with Crippen LogP contribution in [0.25, 0.3) is 0 Å². The van der Waals surface area contributed by atoms with Gasteiger partial charge in [0.2, 0.25) is 0 Å². The quantitative estimate of drug-likeness (QED) is 0.864. The fourth-order valence-corrected chi connectivity index (χ4v) is 1.81. The summed E-state index contributed by atoms with van der Waals surface area (Å²) in [6.07, 6.45) is 0. The molecule has 1 aromatic heterocycles. The maximum Gasteiger partial charge on any atom is 0.360 e. The van der Waals surface area contributed by atoms with Crippen molar-refractivity contribution in [1.29, 1.82) is 5.26 Å². The summed E-state index contributed by atoms with van der Waals surface area (Å²) in [5.41, 5.74) is 6.43. The standard InChI is InChI=1S/C14H13FN4O2/c1-2-21-14(20)12-11(7-16)13(17)19(18-12)8-9-3-5-10(15)6-4-9/h3-6H,2,8,17H2,1H3. The summed E-state index contributed by atoms with van der Waals surface area (Å²) in [4.78, 5) is 11.7. The Morgan fingerprint density at radius 2 is 2.14 bits per heavy atom. The molecule has 0 atom stereocenters. The number of ether oxygens (including phenoxy) is 1. The van der Waals surface area contributed by atoms with Gasteiger partial charge in [-0.05, 0) is 24.6 Å². The number of nitriles is 1. The van der Waals surface area contributed by atoms with Crippen LogP contribution in [0.4, 0.5) is 10.2 Å². The van der Waals surface area contributed by atoms with E-state index in [-0.39, 0.29) is 36.0 Å². The molecular formula is C14H13FN4O2. The van der Waals surface area contributed by atoms with E-state index in [1.807, 2.05) is 6.07 Å². The van der Waals surface area contributed by atoms with E-state index in [2.05, 4.69) is 5.10 Å². The number of nitrogen functional groups attached to an aromatic ring is 1. The van der Waals surface area contributed by atoms with Gasteiger partial charge in [0.1, 0.15) is 23.3 Å². The van der Waals surface area contributed by atoms with Crippen LogP contribution in [0.5, 0.6) is 0 Å². The van der Waals surface area contributed by atoms with Gasteiger partial charge < -0.3 is 10.5 Å². The predicted molar refractivity (Wildman–Crippen MR) is 72.8 cm³/mol. The normalized spacial score (nSPS) is 10.1. The molecule has 1 aromatic carbocycles. The van der Waals surface area contributed by atoms with Crippen molar-refractivity contribution in [2.75, 3.05) is 12.3 Å². The first kappa shape index (κ1) is 14.5. The van der Waals surface area contributed by atoms with Crippen LogP contribution in [0, 0.1) is 17.1 Å². The Balaban J connectivity index is 2.34. The van der Waals surface area contributed by atoms with Gasteiger partial charge in [-0.3, -0.25) is 0 Å². The van der Waals surface area contributed by atoms with Gasteiger partial charge in [-0.15, -0.1) is 0 Å². The molecule has 0 bridgehead atoms. The minimum atomic E-state index is -0.696. The molecule has 6 nitrogen and oxygen atoms in total. The summed E-state index contributed by atoms with van der Waals surface area (Å²) in [7, 11) is 0. The predicted octanol–water partition coefficient (Wildman–Crippen LogP) is 1.70. The third kappa shape index (κ3) is 3.00. The lowest BCUT2D eigenvalue weighted by Gasteiger charge is -2.04. The van der Waals surface area contributed by atoms with Gasteiger partial charge in [0.25, 0.3) is 0 Å². The molecular weight excluding hydrogens is 275 g/mol. The number of halogens is 1. The number of hydrogen-bond acceptors (Lipinski definition) is 5. The number of rotatable bonds is 4. The van der Waals surface area contributed by atoms with E-state index < -0.39 is 5.97 Å². The number of benzene rings is 1. The van der Waals surface area contributed by atoms with Crippen LogP contribution in [0.15, 0.2) is 24.3 Å². The zero-order valence-electron chi connectivity index (χ0n) is 11.3. The van der Waals surface area contributed by atoms with Crippen LogP contribution in [0.2, 0.25) is 0 Å². The van der Waals surface area contributed by atoms with Gasteiger partial charge in [-0.25, -0.2) is 13.9 Å². The van der Waals surface area contributed by atoms with Crippen molar-refractivity contribution in [2.24, 2.45) is 0 Å². The Bertz CT molecular complexity index is 701. The van der Waals surface area contributed by atoms with Crippen LogP contribution in [0.3, 0.4) is 0 Å². The molecule has 2 rings (SSSR count). The first-order chi connectivity index (χ1) is 10.1. The van der Waals surface area contributed by atoms with Crippen molar-refractivity contribution in [2.45, 2.75) is 13.5 Å². The lowest BCUT2D eigenvalue weighted by molar-refractivity contribution is 0.0518. The zero-order chi connectivity index (χ0) is 15.4. The Morgan fingerprint density at radius 1 is 1.48 bits per heavy atom. The van der Waals surface area contributed by atoms with Crippen LogP contribution < -0.4 is 5.73 Å². The monoisotopic (exact) mass is 288 g/mol. The number of nitrogens with two attached hydrogens (primary N) is 1. The number of carbonyl (C=O) groups excluding carboxylic acids is 1. The topological polar surface area (TPSA) is 93.9 Å². The number of esters is 1. The van der Waals surface area contributed by atoms with Crippen LogP contribution >= 0.6 is 0 Å². The van der Waals surface area contributed by atoms with E-state index in [9.17, 15) is 9.18 Å². The van der Waals surface area contributed by atoms with E-state index in [0.717, 1.165) is 5.56 Å². The molecule has 2 aromatic rings. The van der Waals surface area contributed by atoms with E-state index in [1.54, 1.807) is 19.1 Å². The Labute approximate surface area is 120 Å². The molecule has 0 saturated carbocycles. The van der Waals surface area contributed by atoms with Crippen molar-refractivity contribution in [1.82, 2.24) is 9.78 Å². The minimum absolute atomic E-state index is 0.0180. The Hall–Kier alpha value is -2.88. The summed E-state index contributed by atoms with van der Waals surface area (Å²) < 4.78 is 19.0. The molecule has 0 aliphatic carbocycles. The van der Waals surface area contributed by atoms with E-state index in [4.69, 9.17) is 15.7 Å². The summed E-state index contributed by atoms with van der Waals surface area (Å²) in [6.45, 7) is 2.05. The maximum atomic E-state index is 12.9. The van der Waals surface area contributed by atoms with Crippen LogP contribution in [-0.2, 0) is 11.3 Å². The molecule has 0 radical (unpaired) electrons. The Kier molecular flexibility index (Phi) is 4.18. The van der Waals surface area contributed by atoms with Gasteiger partial charge in [-0.2, -0.15) is 10.4 Å². The van der Waals surface area contributed by atoms with Crippen molar-refractivity contribution >= 4 is 11.8 Å². The second kappa shape index (κ2) is 6.05. The van der Waals surface area contributed by atoms with Crippen LogP contribution in [0.1, 0.15) is 28.5 Å². The Morgan fingerprint density at radius 3 is 2.71 bits per heavy atom. The van der Waals surface area contributed by atoms with Gasteiger partial charge in [-0.1, -0.05) is 12.1 Å². The molecule has 2 N–H and O–H groups in total. The van der Waals surface area contributed by atoms with Crippen molar-refractivity contribution < 1.29 is 13.9 Å². The molecule has 1 heterocycles. The molecule has 21 heavy (non-hydrogen) atoms. The molecule has 0 amide bonds. The first-order valence-electron chi connectivity index (χ1n) is 6.24. The molecule has 0 saturated heterocycles.